The van der Waals surface area contributed by atoms with Crippen LogP contribution in [0.2, 0.25) is 0 Å². The molecule has 2 aromatic carbocycles. The highest BCUT2D eigenvalue weighted by molar-refractivity contribution is 5.94. The lowest BCUT2D eigenvalue weighted by molar-refractivity contribution is -0.130. The molecule has 0 aliphatic carbocycles. The molecule has 0 radical (unpaired) electrons. The molecule has 0 N–H and O–H groups in total. The van der Waals surface area contributed by atoms with Crippen molar-refractivity contribution in [1.82, 2.24) is 9.80 Å². The van der Waals surface area contributed by atoms with Gasteiger partial charge in [0.05, 0.1) is 12.0 Å². The summed E-state index contributed by atoms with van der Waals surface area (Å²) in [5.41, 5.74) is 1.92. The molecule has 0 aromatic heterocycles. The lowest BCUT2D eigenvalue weighted by Gasteiger charge is -2.22. The van der Waals surface area contributed by atoms with Crippen molar-refractivity contribution in [2.45, 2.75) is 19.8 Å². The molecule has 0 spiro atoms. The predicted molar refractivity (Wildman–Crippen MR) is 98.3 cm³/mol. The van der Waals surface area contributed by atoms with Crippen LogP contribution in [-0.4, -0.2) is 47.8 Å². The first-order chi connectivity index (χ1) is 13.0. The van der Waals surface area contributed by atoms with Crippen molar-refractivity contribution in [2.75, 3.05) is 26.2 Å². The van der Waals surface area contributed by atoms with E-state index in [0.29, 0.717) is 45.1 Å². The summed E-state index contributed by atoms with van der Waals surface area (Å²) in [6, 6.07) is 10.7. The van der Waals surface area contributed by atoms with E-state index in [-0.39, 0.29) is 11.5 Å². The van der Waals surface area contributed by atoms with Crippen molar-refractivity contribution < 1.29 is 18.4 Å². The van der Waals surface area contributed by atoms with Gasteiger partial charge in [-0.05, 0) is 36.6 Å². The molecule has 2 amide bonds. The SMILES string of the molecule is Cc1ccccc1CC(=O)N1CCCN(C(=O)c2ccc(F)cc2F)CC1. The topological polar surface area (TPSA) is 40.6 Å². The summed E-state index contributed by atoms with van der Waals surface area (Å²) < 4.78 is 26.9. The molecule has 0 unspecified atom stereocenters. The van der Waals surface area contributed by atoms with Crippen molar-refractivity contribution in [3.8, 4) is 0 Å². The molecular formula is C21H22F2N2O2. The van der Waals surface area contributed by atoms with Gasteiger partial charge in [-0.1, -0.05) is 24.3 Å². The Kier molecular flexibility index (Phi) is 5.84. The fourth-order valence-electron chi connectivity index (χ4n) is 3.29. The van der Waals surface area contributed by atoms with Gasteiger partial charge in [-0.3, -0.25) is 9.59 Å². The Labute approximate surface area is 157 Å². The number of benzene rings is 2. The molecule has 4 nitrogen and oxygen atoms in total. The Morgan fingerprint density at radius 1 is 0.963 bits per heavy atom. The van der Waals surface area contributed by atoms with Crippen LogP contribution in [0.1, 0.15) is 27.9 Å². The second kappa shape index (κ2) is 8.29. The van der Waals surface area contributed by atoms with Gasteiger partial charge in [0.15, 0.2) is 0 Å². The minimum absolute atomic E-state index is 0.0200. The van der Waals surface area contributed by atoms with Crippen LogP contribution in [0.5, 0.6) is 0 Å². The first-order valence-electron chi connectivity index (χ1n) is 9.02. The quantitative estimate of drug-likeness (QED) is 0.830. The fraction of sp³-hybridized carbons (Fsp3) is 0.333. The van der Waals surface area contributed by atoms with Gasteiger partial charge in [0.2, 0.25) is 5.91 Å². The summed E-state index contributed by atoms with van der Waals surface area (Å²) in [6.07, 6.45) is 0.946. The monoisotopic (exact) mass is 372 g/mol. The summed E-state index contributed by atoms with van der Waals surface area (Å²) in [7, 11) is 0. The number of carbonyl (C=O) groups is 2. The largest absolute Gasteiger partial charge is 0.341 e. The van der Waals surface area contributed by atoms with E-state index < -0.39 is 17.5 Å². The van der Waals surface area contributed by atoms with Crippen LogP contribution in [0, 0.1) is 18.6 Å². The maximum Gasteiger partial charge on any atom is 0.256 e. The zero-order valence-electron chi connectivity index (χ0n) is 15.3. The molecule has 0 bridgehead atoms. The number of aryl methyl sites for hydroxylation is 1. The van der Waals surface area contributed by atoms with E-state index in [1.807, 2.05) is 31.2 Å². The molecule has 0 atom stereocenters. The van der Waals surface area contributed by atoms with Crippen molar-refractivity contribution in [3.05, 3.63) is 70.8 Å². The highest BCUT2D eigenvalue weighted by atomic mass is 19.1. The summed E-state index contributed by atoms with van der Waals surface area (Å²) in [5, 5.41) is 0. The molecule has 2 aromatic rings. The van der Waals surface area contributed by atoms with Gasteiger partial charge in [-0.25, -0.2) is 8.78 Å². The van der Waals surface area contributed by atoms with E-state index in [1.165, 1.54) is 11.0 Å². The van der Waals surface area contributed by atoms with Gasteiger partial charge in [0.1, 0.15) is 11.6 Å². The average molecular weight is 372 g/mol. The summed E-state index contributed by atoms with van der Waals surface area (Å²) >= 11 is 0. The van der Waals surface area contributed by atoms with E-state index in [1.54, 1.807) is 4.90 Å². The Balaban J connectivity index is 1.64. The third kappa shape index (κ3) is 4.51. The Hall–Kier alpha value is -2.76. The highest BCUT2D eigenvalue weighted by Gasteiger charge is 2.24. The lowest BCUT2D eigenvalue weighted by Crippen LogP contribution is -2.38. The van der Waals surface area contributed by atoms with Crippen LogP contribution >= 0.6 is 0 Å². The zero-order chi connectivity index (χ0) is 19.4. The molecule has 1 aliphatic rings. The normalized spacial score (nSPS) is 14.8. The third-order valence-electron chi connectivity index (χ3n) is 4.90. The maximum absolute atomic E-state index is 13.9. The zero-order valence-corrected chi connectivity index (χ0v) is 15.3. The fourth-order valence-corrected chi connectivity index (χ4v) is 3.29. The Morgan fingerprint density at radius 2 is 1.67 bits per heavy atom. The van der Waals surface area contributed by atoms with Crippen LogP contribution in [0.4, 0.5) is 8.78 Å². The van der Waals surface area contributed by atoms with Gasteiger partial charge in [-0.2, -0.15) is 0 Å². The van der Waals surface area contributed by atoms with Crippen LogP contribution in [-0.2, 0) is 11.2 Å². The molecular weight excluding hydrogens is 350 g/mol. The number of hydrogen-bond acceptors (Lipinski definition) is 2. The lowest BCUT2D eigenvalue weighted by atomic mass is 10.1. The van der Waals surface area contributed by atoms with Crippen LogP contribution in [0.25, 0.3) is 0 Å². The van der Waals surface area contributed by atoms with Crippen LogP contribution in [0.3, 0.4) is 0 Å². The number of rotatable bonds is 3. The number of nitrogens with zero attached hydrogens (tertiary/aromatic N) is 2. The molecule has 6 heteroatoms. The minimum atomic E-state index is -0.864. The standard InChI is InChI=1S/C21H22F2N2O2/c1-15-5-2-3-6-16(15)13-20(26)24-9-4-10-25(12-11-24)21(27)18-8-7-17(22)14-19(18)23/h2-3,5-8,14H,4,9-13H2,1H3. The van der Waals surface area contributed by atoms with Crippen LogP contribution in [0.15, 0.2) is 42.5 Å². The minimum Gasteiger partial charge on any atom is -0.341 e. The molecule has 1 saturated heterocycles. The Bertz CT molecular complexity index is 854. The smallest absolute Gasteiger partial charge is 0.256 e. The molecule has 1 heterocycles. The van der Waals surface area contributed by atoms with Crippen LogP contribution < -0.4 is 0 Å². The van der Waals surface area contributed by atoms with E-state index in [9.17, 15) is 18.4 Å². The second-order valence-corrected chi connectivity index (χ2v) is 6.75. The van der Waals surface area contributed by atoms with Crippen molar-refractivity contribution in [3.63, 3.8) is 0 Å². The highest BCUT2D eigenvalue weighted by Crippen LogP contribution is 2.15. The summed E-state index contributed by atoms with van der Waals surface area (Å²) in [4.78, 5) is 28.5. The molecule has 0 saturated carbocycles. The second-order valence-electron chi connectivity index (χ2n) is 6.75. The predicted octanol–water partition coefficient (Wildman–Crippen LogP) is 3.19. The molecule has 3 rings (SSSR count). The van der Waals surface area contributed by atoms with Gasteiger partial charge >= 0.3 is 0 Å². The van der Waals surface area contributed by atoms with E-state index >= 15 is 0 Å². The summed E-state index contributed by atoms with van der Waals surface area (Å²) in [5.74, 6) is -2.03. The van der Waals surface area contributed by atoms with E-state index in [2.05, 4.69) is 0 Å². The number of amides is 2. The van der Waals surface area contributed by atoms with Gasteiger partial charge in [-0.15, -0.1) is 0 Å². The van der Waals surface area contributed by atoms with E-state index in [0.717, 1.165) is 17.2 Å². The Morgan fingerprint density at radius 3 is 2.41 bits per heavy atom. The van der Waals surface area contributed by atoms with Gasteiger partial charge in [0, 0.05) is 32.2 Å². The number of halogens is 2. The first kappa shape index (κ1) is 19.0. The van der Waals surface area contributed by atoms with Gasteiger partial charge in [0.25, 0.3) is 5.91 Å². The van der Waals surface area contributed by atoms with Gasteiger partial charge < -0.3 is 9.80 Å². The molecule has 1 fully saturated rings. The van der Waals surface area contributed by atoms with Crippen molar-refractivity contribution >= 4 is 11.8 Å². The third-order valence-corrected chi connectivity index (χ3v) is 4.90. The molecule has 27 heavy (non-hydrogen) atoms. The van der Waals surface area contributed by atoms with E-state index in [4.69, 9.17) is 0 Å². The number of carbonyl (C=O) groups excluding carboxylic acids is 2. The van der Waals surface area contributed by atoms with Crippen molar-refractivity contribution in [1.29, 1.82) is 0 Å². The number of hydrogen-bond donors (Lipinski definition) is 0. The summed E-state index contributed by atoms with van der Waals surface area (Å²) in [6.45, 7) is 3.70. The van der Waals surface area contributed by atoms with Crippen molar-refractivity contribution in [2.24, 2.45) is 0 Å². The maximum atomic E-state index is 13.9. The molecule has 142 valence electrons. The average Bonchev–Trinajstić information content (AvgIpc) is 2.89. The molecule has 1 aliphatic heterocycles. The first-order valence-corrected chi connectivity index (χ1v) is 9.02.